The molecule has 0 aromatic carbocycles. The highest BCUT2D eigenvalue weighted by atomic mass is 35.7. The summed E-state index contributed by atoms with van der Waals surface area (Å²) in [6, 6.07) is 0. The Bertz CT molecular complexity index is 265. The van der Waals surface area contributed by atoms with Gasteiger partial charge in [-0.25, -0.2) is 8.42 Å². The van der Waals surface area contributed by atoms with E-state index in [2.05, 4.69) is 13.8 Å². The fourth-order valence-electron chi connectivity index (χ4n) is 1.69. The van der Waals surface area contributed by atoms with E-state index in [0.29, 0.717) is 12.3 Å². The third-order valence-corrected chi connectivity index (χ3v) is 3.85. The van der Waals surface area contributed by atoms with Crippen LogP contribution in [0.2, 0.25) is 0 Å². The quantitative estimate of drug-likeness (QED) is 0.430. The summed E-state index contributed by atoms with van der Waals surface area (Å²) in [5, 5.41) is 0. The second kappa shape index (κ2) is 10.2. The predicted molar refractivity (Wildman–Crippen MR) is 73.0 cm³/mol. The molecule has 0 spiro atoms. The Balaban J connectivity index is 3.19. The Labute approximate surface area is 110 Å². The van der Waals surface area contributed by atoms with Gasteiger partial charge in [0.2, 0.25) is 9.05 Å². The maximum atomic E-state index is 10.6. The normalized spacial score (nSPS) is 13.8. The molecular formula is C12H25ClO3S. The van der Waals surface area contributed by atoms with Crippen molar-refractivity contribution in [1.29, 1.82) is 0 Å². The van der Waals surface area contributed by atoms with Crippen LogP contribution in [0.25, 0.3) is 0 Å². The molecule has 0 aromatic heterocycles. The Morgan fingerprint density at radius 3 is 2.41 bits per heavy atom. The van der Waals surface area contributed by atoms with Gasteiger partial charge in [-0.1, -0.05) is 33.1 Å². The van der Waals surface area contributed by atoms with Crippen LogP contribution in [-0.4, -0.2) is 27.4 Å². The fourth-order valence-corrected chi connectivity index (χ4v) is 2.57. The largest absolute Gasteiger partial charge is 0.381 e. The van der Waals surface area contributed by atoms with E-state index in [0.717, 1.165) is 32.5 Å². The smallest absolute Gasteiger partial charge is 0.232 e. The zero-order chi connectivity index (χ0) is 13.1. The van der Waals surface area contributed by atoms with Gasteiger partial charge in [-0.2, -0.15) is 0 Å². The third-order valence-electron chi connectivity index (χ3n) is 2.61. The van der Waals surface area contributed by atoms with Gasteiger partial charge in [-0.15, -0.1) is 0 Å². The van der Waals surface area contributed by atoms with Gasteiger partial charge in [0, 0.05) is 23.9 Å². The number of ether oxygens (including phenoxy) is 1. The first kappa shape index (κ1) is 17.2. The maximum absolute atomic E-state index is 10.6. The van der Waals surface area contributed by atoms with E-state index in [4.69, 9.17) is 15.4 Å². The zero-order valence-corrected chi connectivity index (χ0v) is 12.5. The summed E-state index contributed by atoms with van der Waals surface area (Å²) in [7, 11) is 1.81. The van der Waals surface area contributed by atoms with Crippen LogP contribution in [-0.2, 0) is 13.8 Å². The molecular weight excluding hydrogens is 260 g/mol. The van der Waals surface area contributed by atoms with E-state index in [1.807, 2.05) is 0 Å². The molecule has 0 aromatic rings. The van der Waals surface area contributed by atoms with Gasteiger partial charge in [0.1, 0.15) is 0 Å². The monoisotopic (exact) mass is 284 g/mol. The Hall–Kier alpha value is 0.200. The number of hydrogen-bond donors (Lipinski definition) is 0. The standard InChI is InChI=1S/C12H25ClO3S/c1-3-8-12(2)11-16-9-6-4-5-7-10-17(13,14)15/h12H,3-11H2,1-2H3. The summed E-state index contributed by atoms with van der Waals surface area (Å²) in [5.41, 5.74) is 0. The van der Waals surface area contributed by atoms with E-state index in [9.17, 15) is 8.42 Å². The molecule has 0 fully saturated rings. The molecule has 0 amide bonds. The second-order valence-corrected chi connectivity index (χ2v) is 7.52. The molecule has 17 heavy (non-hydrogen) atoms. The summed E-state index contributed by atoms with van der Waals surface area (Å²) in [6.45, 7) is 6.00. The van der Waals surface area contributed by atoms with Gasteiger partial charge in [-0.3, -0.25) is 0 Å². The van der Waals surface area contributed by atoms with E-state index < -0.39 is 9.05 Å². The summed E-state index contributed by atoms with van der Waals surface area (Å²) in [6.07, 6.45) is 5.98. The summed E-state index contributed by atoms with van der Waals surface area (Å²) in [5.74, 6) is 0.726. The molecule has 0 aliphatic rings. The highest BCUT2D eigenvalue weighted by Gasteiger charge is 2.04. The average Bonchev–Trinajstić information content (AvgIpc) is 2.21. The summed E-state index contributed by atoms with van der Waals surface area (Å²) in [4.78, 5) is 0. The average molecular weight is 285 g/mol. The van der Waals surface area contributed by atoms with Gasteiger partial charge in [0.15, 0.2) is 0 Å². The van der Waals surface area contributed by atoms with Crippen molar-refractivity contribution in [1.82, 2.24) is 0 Å². The Kier molecular flexibility index (Phi) is 10.3. The Morgan fingerprint density at radius 1 is 1.18 bits per heavy atom. The van der Waals surface area contributed by atoms with Crippen LogP contribution in [0, 0.1) is 5.92 Å². The molecule has 0 N–H and O–H groups in total. The summed E-state index contributed by atoms with van der Waals surface area (Å²) >= 11 is 0. The lowest BCUT2D eigenvalue weighted by molar-refractivity contribution is 0.0984. The van der Waals surface area contributed by atoms with Gasteiger partial charge in [-0.05, 0) is 25.2 Å². The number of hydrogen-bond acceptors (Lipinski definition) is 3. The molecule has 0 aliphatic heterocycles. The first-order valence-electron chi connectivity index (χ1n) is 6.45. The molecule has 0 heterocycles. The van der Waals surface area contributed by atoms with Crippen molar-refractivity contribution < 1.29 is 13.2 Å². The Morgan fingerprint density at radius 2 is 1.82 bits per heavy atom. The molecule has 5 heteroatoms. The third kappa shape index (κ3) is 14.1. The minimum Gasteiger partial charge on any atom is -0.381 e. The first-order valence-corrected chi connectivity index (χ1v) is 8.93. The number of unbranched alkanes of at least 4 members (excludes halogenated alkanes) is 3. The molecule has 1 atom stereocenters. The minimum atomic E-state index is -3.30. The van der Waals surface area contributed by atoms with Crippen LogP contribution < -0.4 is 0 Å². The minimum absolute atomic E-state index is 0.0863. The molecule has 0 rings (SSSR count). The van der Waals surface area contributed by atoms with Crippen molar-refractivity contribution in [2.75, 3.05) is 19.0 Å². The fraction of sp³-hybridized carbons (Fsp3) is 1.00. The lowest BCUT2D eigenvalue weighted by Crippen LogP contribution is -2.06. The van der Waals surface area contributed by atoms with Gasteiger partial charge >= 0.3 is 0 Å². The van der Waals surface area contributed by atoms with Crippen molar-refractivity contribution in [3.05, 3.63) is 0 Å². The first-order chi connectivity index (χ1) is 7.95. The zero-order valence-electron chi connectivity index (χ0n) is 11.0. The van der Waals surface area contributed by atoms with E-state index >= 15 is 0 Å². The van der Waals surface area contributed by atoms with Crippen molar-refractivity contribution in [3.8, 4) is 0 Å². The van der Waals surface area contributed by atoms with Crippen LogP contribution in [0.5, 0.6) is 0 Å². The molecule has 0 bridgehead atoms. The van der Waals surface area contributed by atoms with Crippen molar-refractivity contribution in [2.24, 2.45) is 5.92 Å². The molecule has 1 unspecified atom stereocenters. The summed E-state index contributed by atoms with van der Waals surface area (Å²) < 4.78 is 26.8. The second-order valence-electron chi connectivity index (χ2n) is 4.63. The highest BCUT2D eigenvalue weighted by Crippen LogP contribution is 2.08. The van der Waals surface area contributed by atoms with Crippen molar-refractivity contribution >= 4 is 19.7 Å². The predicted octanol–water partition coefficient (Wildman–Crippen LogP) is 3.57. The molecule has 104 valence electrons. The van der Waals surface area contributed by atoms with Gasteiger partial charge in [0.25, 0.3) is 0 Å². The van der Waals surface area contributed by atoms with Crippen LogP contribution in [0.4, 0.5) is 0 Å². The maximum Gasteiger partial charge on any atom is 0.232 e. The van der Waals surface area contributed by atoms with Crippen LogP contribution in [0.15, 0.2) is 0 Å². The number of halogens is 1. The lowest BCUT2D eigenvalue weighted by Gasteiger charge is -2.10. The lowest BCUT2D eigenvalue weighted by atomic mass is 10.1. The highest BCUT2D eigenvalue weighted by molar-refractivity contribution is 8.13. The van der Waals surface area contributed by atoms with E-state index in [1.54, 1.807) is 0 Å². The molecule has 0 saturated carbocycles. The van der Waals surface area contributed by atoms with Crippen molar-refractivity contribution in [2.45, 2.75) is 52.4 Å². The number of rotatable bonds is 11. The van der Waals surface area contributed by atoms with E-state index in [1.165, 1.54) is 12.8 Å². The van der Waals surface area contributed by atoms with Gasteiger partial charge < -0.3 is 4.74 Å². The van der Waals surface area contributed by atoms with Crippen LogP contribution in [0.1, 0.15) is 52.4 Å². The molecule has 0 saturated heterocycles. The van der Waals surface area contributed by atoms with Crippen LogP contribution >= 0.6 is 10.7 Å². The van der Waals surface area contributed by atoms with Gasteiger partial charge in [0.05, 0.1) is 5.75 Å². The van der Waals surface area contributed by atoms with E-state index in [-0.39, 0.29) is 5.75 Å². The molecule has 0 aliphatic carbocycles. The topological polar surface area (TPSA) is 43.4 Å². The van der Waals surface area contributed by atoms with Crippen LogP contribution in [0.3, 0.4) is 0 Å². The SMILES string of the molecule is CCCC(C)COCCCCCCS(=O)(=O)Cl. The van der Waals surface area contributed by atoms with Crippen molar-refractivity contribution in [3.63, 3.8) is 0 Å². The molecule has 3 nitrogen and oxygen atoms in total. The molecule has 0 radical (unpaired) electrons.